The summed E-state index contributed by atoms with van der Waals surface area (Å²) in [6.45, 7) is 7.21. The zero-order valence-electron chi connectivity index (χ0n) is 15.5. The quantitative estimate of drug-likeness (QED) is 0.652. The molecule has 142 valence electrons. The first-order valence-electron chi connectivity index (χ1n) is 8.40. The molecule has 0 radical (unpaired) electrons. The number of carbonyl (C=O) groups excluding carboxylic acids is 1. The molecule has 2 heterocycles. The van der Waals surface area contributed by atoms with Gasteiger partial charge in [-0.3, -0.25) is 0 Å². The molecule has 0 fully saturated rings. The van der Waals surface area contributed by atoms with Crippen LogP contribution in [-0.2, 0) is 11.3 Å². The van der Waals surface area contributed by atoms with Crippen LogP contribution in [0.15, 0.2) is 35.2 Å². The maximum Gasteiger partial charge on any atom is 0.407 e. The molecule has 8 heteroatoms. The number of nitrogens with one attached hydrogen (secondary N) is 1. The summed E-state index contributed by atoms with van der Waals surface area (Å²) in [5.74, 6) is -0.378. The van der Waals surface area contributed by atoms with Crippen molar-refractivity contribution in [1.29, 1.82) is 0 Å². The zero-order chi connectivity index (χ0) is 19.8. The van der Waals surface area contributed by atoms with Gasteiger partial charge in [-0.25, -0.2) is 18.7 Å². The van der Waals surface area contributed by atoms with Crippen LogP contribution in [-0.4, -0.2) is 26.3 Å². The number of hydrogen-bond donors (Lipinski definition) is 1. The first kappa shape index (κ1) is 19.3. The van der Waals surface area contributed by atoms with Gasteiger partial charge < -0.3 is 10.1 Å². The van der Waals surface area contributed by atoms with Crippen molar-refractivity contribution in [1.82, 2.24) is 19.9 Å². The second-order valence-corrected chi connectivity index (χ2v) is 8.08. The number of carbonyl (C=O) groups is 1. The van der Waals surface area contributed by atoms with Crippen molar-refractivity contribution in [2.75, 3.05) is 0 Å². The lowest BCUT2D eigenvalue weighted by Crippen LogP contribution is -2.32. The Labute approximate surface area is 164 Å². The molecule has 0 aliphatic heterocycles. The number of amides is 1. The minimum Gasteiger partial charge on any atom is -0.444 e. The van der Waals surface area contributed by atoms with E-state index in [9.17, 15) is 4.79 Å². The van der Waals surface area contributed by atoms with Crippen LogP contribution in [0, 0.1) is 12.7 Å². The SMILES string of the molecule is Cc1c(CNC(=O)OC(C)(C)C)ccc(-c2ncnn3cc(Br)cc23)c1F. The molecule has 2 aromatic heterocycles. The molecular weight excluding hydrogens is 415 g/mol. The number of rotatable bonds is 3. The third kappa shape index (κ3) is 4.27. The molecular formula is C19H20BrFN4O2. The van der Waals surface area contributed by atoms with E-state index in [-0.39, 0.29) is 12.4 Å². The fourth-order valence-electron chi connectivity index (χ4n) is 2.69. The Morgan fingerprint density at radius 3 is 2.81 bits per heavy atom. The highest BCUT2D eigenvalue weighted by atomic mass is 79.9. The van der Waals surface area contributed by atoms with Crippen LogP contribution in [0.3, 0.4) is 0 Å². The smallest absolute Gasteiger partial charge is 0.407 e. The minimum atomic E-state index is -0.585. The molecule has 1 amide bonds. The molecule has 27 heavy (non-hydrogen) atoms. The van der Waals surface area contributed by atoms with Gasteiger partial charge >= 0.3 is 6.09 Å². The van der Waals surface area contributed by atoms with Crippen molar-refractivity contribution in [3.05, 3.63) is 52.1 Å². The lowest BCUT2D eigenvalue weighted by atomic mass is 10.0. The van der Waals surface area contributed by atoms with E-state index in [1.807, 2.05) is 6.07 Å². The minimum absolute atomic E-state index is 0.174. The summed E-state index contributed by atoms with van der Waals surface area (Å²) < 4.78 is 22.7. The Morgan fingerprint density at radius 2 is 2.11 bits per heavy atom. The van der Waals surface area contributed by atoms with Gasteiger partial charge in [0.2, 0.25) is 0 Å². The molecule has 0 unspecified atom stereocenters. The molecule has 1 N–H and O–H groups in total. The molecule has 0 saturated heterocycles. The molecule has 0 aliphatic rings. The van der Waals surface area contributed by atoms with Crippen LogP contribution < -0.4 is 5.32 Å². The Kier molecular flexibility index (Phi) is 5.19. The van der Waals surface area contributed by atoms with Crippen LogP contribution >= 0.6 is 15.9 Å². The standard InChI is InChI=1S/C19H20BrFN4O2/c1-11-12(8-22-18(26)27-19(2,3)4)5-6-14(16(11)21)17-15-7-13(20)9-25(15)24-10-23-17/h5-7,9-10H,8H2,1-4H3,(H,22,26). The Morgan fingerprint density at radius 1 is 1.37 bits per heavy atom. The zero-order valence-corrected chi connectivity index (χ0v) is 17.1. The first-order chi connectivity index (χ1) is 12.7. The summed E-state index contributed by atoms with van der Waals surface area (Å²) >= 11 is 3.40. The summed E-state index contributed by atoms with van der Waals surface area (Å²) in [6.07, 6.45) is 2.63. The lowest BCUT2D eigenvalue weighted by Gasteiger charge is -2.20. The molecule has 6 nitrogen and oxygen atoms in total. The molecule has 0 aliphatic carbocycles. The molecule has 3 rings (SSSR count). The largest absolute Gasteiger partial charge is 0.444 e. The maximum atomic E-state index is 15.1. The Bertz CT molecular complexity index is 1010. The van der Waals surface area contributed by atoms with E-state index in [1.165, 1.54) is 6.33 Å². The molecule has 0 atom stereocenters. The fourth-order valence-corrected chi connectivity index (χ4v) is 3.10. The van der Waals surface area contributed by atoms with Crippen molar-refractivity contribution >= 4 is 27.5 Å². The Hall–Kier alpha value is -2.48. The van der Waals surface area contributed by atoms with Gasteiger partial charge in [0.25, 0.3) is 0 Å². The van der Waals surface area contributed by atoms with Gasteiger partial charge in [-0.2, -0.15) is 5.10 Å². The predicted molar refractivity (Wildman–Crippen MR) is 104 cm³/mol. The van der Waals surface area contributed by atoms with Gasteiger partial charge in [0.05, 0.1) is 5.52 Å². The van der Waals surface area contributed by atoms with Crippen molar-refractivity contribution in [2.45, 2.75) is 39.8 Å². The first-order valence-corrected chi connectivity index (χ1v) is 9.19. The van der Waals surface area contributed by atoms with Gasteiger partial charge in [0.15, 0.2) is 0 Å². The average molecular weight is 435 g/mol. The highest BCUT2D eigenvalue weighted by Crippen LogP contribution is 2.29. The van der Waals surface area contributed by atoms with Crippen molar-refractivity contribution < 1.29 is 13.9 Å². The van der Waals surface area contributed by atoms with Gasteiger partial charge in [0.1, 0.15) is 23.4 Å². The van der Waals surface area contributed by atoms with Crippen LogP contribution in [0.1, 0.15) is 31.9 Å². The molecule has 0 saturated carbocycles. The number of aromatic nitrogens is 3. The lowest BCUT2D eigenvalue weighted by molar-refractivity contribution is 0.0523. The third-order valence-corrected chi connectivity index (χ3v) is 4.38. The highest BCUT2D eigenvalue weighted by Gasteiger charge is 2.18. The fraction of sp³-hybridized carbons (Fsp3) is 0.316. The number of hydrogen-bond acceptors (Lipinski definition) is 4. The summed E-state index contributed by atoms with van der Waals surface area (Å²) in [4.78, 5) is 16.1. The van der Waals surface area contributed by atoms with Crippen LogP contribution in [0.5, 0.6) is 0 Å². The monoisotopic (exact) mass is 434 g/mol. The van der Waals surface area contributed by atoms with E-state index in [4.69, 9.17) is 4.74 Å². The average Bonchev–Trinajstić information content (AvgIpc) is 2.95. The van der Waals surface area contributed by atoms with Crippen LogP contribution in [0.25, 0.3) is 16.8 Å². The number of alkyl carbamates (subject to hydrolysis) is 1. The summed E-state index contributed by atoms with van der Waals surface area (Å²) in [6, 6.07) is 5.28. The van der Waals surface area contributed by atoms with E-state index >= 15 is 4.39 Å². The second-order valence-electron chi connectivity index (χ2n) is 7.16. The van der Waals surface area contributed by atoms with E-state index < -0.39 is 11.7 Å². The maximum absolute atomic E-state index is 15.1. The topological polar surface area (TPSA) is 68.5 Å². The Balaban J connectivity index is 1.88. The highest BCUT2D eigenvalue weighted by molar-refractivity contribution is 9.10. The number of nitrogens with zero attached hydrogens (tertiary/aromatic N) is 3. The summed E-state index contributed by atoms with van der Waals surface area (Å²) in [5.41, 5.74) is 2.12. The number of halogens is 2. The van der Waals surface area contributed by atoms with Gasteiger partial charge in [-0.1, -0.05) is 6.07 Å². The van der Waals surface area contributed by atoms with Gasteiger partial charge in [-0.05, 0) is 66.9 Å². The molecule has 0 bridgehead atoms. The molecule has 3 aromatic rings. The van der Waals surface area contributed by atoms with Gasteiger partial charge in [0, 0.05) is 22.8 Å². The van der Waals surface area contributed by atoms with Crippen molar-refractivity contribution in [2.24, 2.45) is 0 Å². The van der Waals surface area contributed by atoms with Gasteiger partial charge in [-0.15, -0.1) is 0 Å². The van der Waals surface area contributed by atoms with Crippen molar-refractivity contribution in [3.63, 3.8) is 0 Å². The van der Waals surface area contributed by atoms with E-state index in [0.29, 0.717) is 27.9 Å². The summed E-state index contributed by atoms with van der Waals surface area (Å²) in [7, 11) is 0. The second kappa shape index (κ2) is 7.26. The van der Waals surface area contributed by atoms with Crippen LogP contribution in [0.2, 0.25) is 0 Å². The van der Waals surface area contributed by atoms with E-state index in [0.717, 1.165) is 4.47 Å². The number of fused-ring (bicyclic) bond motifs is 1. The van der Waals surface area contributed by atoms with E-state index in [2.05, 4.69) is 31.3 Å². The molecule has 0 spiro atoms. The predicted octanol–water partition coefficient (Wildman–Crippen LogP) is 4.63. The summed E-state index contributed by atoms with van der Waals surface area (Å²) in [5, 5.41) is 6.78. The molecule has 1 aromatic carbocycles. The third-order valence-electron chi connectivity index (χ3n) is 3.95. The number of benzene rings is 1. The van der Waals surface area contributed by atoms with Crippen LogP contribution in [0.4, 0.5) is 9.18 Å². The van der Waals surface area contributed by atoms with Crippen molar-refractivity contribution in [3.8, 4) is 11.3 Å². The normalized spacial score (nSPS) is 11.6. The number of ether oxygens (including phenoxy) is 1. The van der Waals surface area contributed by atoms with E-state index in [1.54, 1.807) is 50.5 Å².